The van der Waals surface area contributed by atoms with Gasteiger partial charge in [0.25, 0.3) is 5.91 Å². The van der Waals surface area contributed by atoms with E-state index in [4.69, 9.17) is 4.98 Å². The number of hydrogen-bond acceptors (Lipinski definition) is 3. The summed E-state index contributed by atoms with van der Waals surface area (Å²) in [4.78, 5) is 22.2. The number of halogens is 1. The smallest absolute Gasteiger partial charge is 0.272 e. The first-order chi connectivity index (χ1) is 16.2. The fourth-order valence-corrected chi connectivity index (χ4v) is 4.72. The van der Waals surface area contributed by atoms with Crippen LogP contribution in [0.25, 0.3) is 21.9 Å². The lowest BCUT2D eigenvalue weighted by atomic mass is 10.1. The molecule has 1 N–H and O–H groups in total. The van der Waals surface area contributed by atoms with Gasteiger partial charge in [0, 0.05) is 48.5 Å². The van der Waals surface area contributed by atoms with Gasteiger partial charge in [-0.2, -0.15) is 0 Å². The van der Waals surface area contributed by atoms with Gasteiger partial charge in [0.2, 0.25) is 0 Å². The number of fused-ring (bicyclic) bond motifs is 4. The first kappa shape index (κ1) is 19.7. The largest absolute Gasteiger partial charge is 0.332 e. The number of amides is 1. The number of aromatic nitrogens is 4. The predicted octanol–water partition coefficient (Wildman–Crippen LogP) is 5.16. The highest BCUT2D eigenvalue weighted by Gasteiger charge is 2.18. The molecule has 1 aliphatic rings. The van der Waals surface area contributed by atoms with E-state index in [1.54, 1.807) is 24.5 Å². The lowest BCUT2D eigenvalue weighted by Crippen LogP contribution is -2.17. The Morgan fingerprint density at radius 1 is 1.00 bits per heavy atom. The van der Waals surface area contributed by atoms with Gasteiger partial charge in [-0.1, -0.05) is 0 Å². The van der Waals surface area contributed by atoms with Crippen LogP contribution in [0.5, 0.6) is 0 Å². The van der Waals surface area contributed by atoms with E-state index in [1.165, 1.54) is 18.6 Å². The van der Waals surface area contributed by atoms with Crippen LogP contribution in [-0.4, -0.2) is 25.0 Å². The molecule has 164 valence electrons. The lowest BCUT2D eigenvalue weighted by molar-refractivity contribution is 0.101. The van der Waals surface area contributed by atoms with E-state index in [1.807, 2.05) is 34.9 Å². The second kappa shape index (κ2) is 7.85. The minimum Gasteiger partial charge on any atom is -0.332 e. The zero-order valence-electron chi connectivity index (χ0n) is 18.0. The van der Waals surface area contributed by atoms with Gasteiger partial charge < -0.3 is 14.5 Å². The third kappa shape index (κ3) is 3.55. The molecule has 1 amide bonds. The quantitative estimate of drug-likeness (QED) is 0.421. The van der Waals surface area contributed by atoms with Crippen molar-refractivity contribution >= 4 is 33.5 Å². The summed E-state index contributed by atoms with van der Waals surface area (Å²) in [5.41, 5.74) is 4.96. The molecular formula is C26H22FN5O. The van der Waals surface area contributed by atoms with E-state index in [-0.39, 0.29) is 11.7 Å². The molecule has 0 saturated carbocycles. The Balaban J connectivity index is 1.36. The Morgan fingerprint density at radius 3 is 2.73 bits per heavy atom. The maximum absolute atomic E-state index is 13.9. The molecule has 4 heterocycles. The van der Waals surface area contributed by atoms with E-state index in [0.717, 1.165) is 47.3 Å². The van der Waals surface area contributed by atoms with Gasteiger partial charge in [0.15, 0.2) is 0 Å². The van der Waals surface area contributed by atoms with Crippen molar-refractivity contribution in [2.24, 2.45) is 0 Å². The third-order valence-electron chi connectivity index (χ3n) is 6.30. The Labute approximate surface area is 189 Å². The Hall–Kier alpha value is -4.00. The molecule has 7 heteroatoms. The van der Waals surface area contributed by atoms with Gasteiger partial charge >= 0.3 is 0 Å². The summed E-state index contributed by atoms with van der Waals surface area (Å²) in [7, 11) is 0. The highest BCUT2D eigenvalue weighted by Crippen LogP contribution is 2.26. The zero-order valence-corrected chi connectivity index (χ0v) is 18.0. The minimum atomic E-state index is -0.329. The second-order valence-electron chi connectivity index (χ2n) is 8.47. The predicted molar refractivity (Wildman–Crippen MR) is 126 cm³/mol. The SMILES string of the molecule is O=C(Nc1ccc2c(c1)nc1n2CCCC1)c1cc2cc(F)ccc2n1Cc1ccncc1. The van der Waals surface area contributed by atoms with Crippen LogP contribution in [0.2, 0.25) is 0 Å². The maximum Gasteiger partial charge on any atom is 0.272 e. The number of anilines is 1. The van der Waals surface area contributed by atoms with Crippen LogP contribution < -0.4 is 5.32 Å². The summed E-state index contributed by atoms with van der Waals surface area (Å²) in [6.45, 7) is 1.47. The van der Waals surface area contributed by atoms with Crippen molar-refractivity contribution in [1.29, 1.82) is 0 Å². The van der Waals surface area contributed by atoms with Crippen LogP contribution in [0.4, 0.5) is 10.1 Å². The van der Waals surface area contributed by atoms with E-state index >= 15 is 0 Å². The molecule has 5 aromatic rings. The second-order valence-corrected chi connectivity index (χ2v) is 8.47. The van der Waals surface area contributed by atoms with Crippen LogP contribution in [0, 0.1) is 5.82 Å². The summed E-state index contributed by atoms with van der Waals surface area (Å²) in [5, 5.41) is 3.70. The average molecular weight is 439 g/mol. The fraction of sp³-hybridized carbons (Fsp3) is 0.192. The molecule has 1 aliphatic heterocycles. The summed E-state index contributed by atoms with van der Waals surface area (Å²) < 4.78 is 18.1. The summed E-state index contributed by atoms with van der Waals surface area (Å²) in [6, 6.07) is 16.0. The van der Waals surface area contributed by atoms with Gasteiger partial charge in [-0.3, -0.25) is 9.78 Å². The van der Waals surface area contributed by atoms with Gasteiger partial charge in [-0.15, -0.1) is 0 Å². The monoisotopic (exact) mass is 439 g/mol. The first-order valence-electron chi connectivity index (χ1n) is 11.1. The molecule has 0 saturated heterocycles. The van der Waals surface area contributed by atoms with Crippen molar-refractivity contribution in [3.63, 3.8) is 0 Å². The highest BCUT2D eigenvalue weighted by atomic mass is 19.1. The molecule has 0 aliphatic carbocycles. The fourth-order valence-electron chi connectivity index (χ4n) is 4.72. The number of aryl methyl sites for hydroxylation is 2. The normalized spacial score (nSPS) is 13.4. The van der Waals surface area contributed by atoms with Crippen LogP contribution in [0.3, 0.4) is 0 Å². The standard InChI is InChI=1S/C26H22FN5O/c27-19-4-6-22-18(13-19)14-24(32(22)16-17-8-10-28-11-9-17)26(33)29-20-5-7-23-21(15-20)30-25-3-1-2-12-31(23)25/h4-11,13-15H,1-3,12,16H2,(H,29,33). The third-order valence-corrected chi connectivity index (χ3v) is 6.30. The van der Waals surface area contributed by atoms with Crippen molar-refractivity contribution in [3.8, 4) is 0 Å². The van der Waals surface area contributed by atoms with Crippen molar-refractivity contribution in [3.05, 3.63) is 89.9 Å². The number of nitrogens with one attached hydrogen (secondary N) is 1. The van der Waals surface area contributed by atoms with E-state index < -0.39 is 0 Å². The molecule has 0 radical (unpaired) electrons. The van der Waals surface area contributed by atoms with Crippen LogP contribution >= 0.6 is 0 Å². The van der Waals surface area contributed by atoms with Crippen LogP contribution in [0.15, 0.2) is 67.0 Å². The molecule has 33 heavy (non-hydrogen) atoms. The number of nitrogens with zero attached hydrogens (tertiary/aromatic N) is 4. The molecular weight excluding hydrogens is 417 g/mol. The summed E-state index contributed by atoms with van der Waals surface area (Å²) in [6.07, 6.45) is 6.76. The van der Waals surface area contributed by atoms with E-state index in [0.29, 0.717) is 23.3 Å². The first-order valence-corrected chi connectivity index (χ1v) is 11.1. The number of benzene rings is 2. The average Bonchev–Trinajstić information content (AvgIpc) is 3.37. The highest BCUT2D eigenvalue weighted by molar-refractivity contribution is 6.07. The molecule has 0 fully saturated rings. The van der Waals surface area contributed by atoms with E-state index in [9.17, 15) is 9.18 Å². The lowest BCUT2D eigenvalue weighted by Gasteiger charge is -2.14. The Bertz CT molecular complexity index is 1500. The number of carbonyl (C=O) groups is 1. The maximum atomic E-state index is 13.9. The molecule has 2 aromatic carbocycles. The van der Waals surface area contributed by atoms with Gasteiger partial charge in [-0.05, 0) is 73.0 Å². The zero-order chi connectivity index (χ0) is 22.4. The molecule has 0 unspecified atom stereocenters. The topological polar surface area (TPSA) is 64.7 Å². The van der Waals surface area contributed by atoms with E-state index in [2.05, 4.69) is 14.9 Å². The molecule has 6 rings (SSSR count). The van der Waals surface area contributed by atoms with Crippen molar-refractivity contribution in [1.82, 2.24) is 19.1 Å². The molecule has 0 spiro atoms. The summed E-state index contributed by atoms with van der Waals surface area (Å²) in [5.74, 6) is 0.535. The number of hydrogen-bond donors (Lipinski definition) is 1. The number of rotatable bonds is 4. The van der Waals surface area contributed by atoms with Gasteiger partial charge in [0.05, 0.1) is 11.0 Å². The summed E-state index contributed by atoms with van der Waals surface area (Å²) >= 11 is 0. The van der Waals surface area contributed by atoms with Gasteiger partial charge in [-0.25, -0.2) is 9.37 Å². The van der Waals surface area contributed by atoms with Crippen LogP contribution in [0.1, 0.15) is 34.7 Å². The molecule has 3 aromatic heterocycles. The van der Waals surface area contributed by atoms with Crippen molar-refractivity contribution in [2.45, 2.75) is 32.4 Å². The molecule has 0 atom stereocenters. The molecule has 0 bridgehead atoms. The van der Waals surface area contributed by atoms with Crippen molar-refractivity contribution in [2.75, 3.05) is 5.32 Å². The number of imidazole rings is 1. The Morgan fingerprint density at radius 2 is 1.85 bits per heavy atom. The number of carbonyl (C=O) groups excluding carboxylic acids is 1. The van der Waals surface area contributed by atoms with Gasteiger partial charge in [0.1, 0.15) is 17.3 Å². The van der Waals surface area contributed by atoms with Crippen LogP contribution in [-0.2, 0) is 19.5 Å². The molecule has 6 nitrogen and oxygen atoms in total. The Kier molecular flexibility index (Phi) is 4.68. The minimum absolute atomic E-state index is 0.246. The number of pyridine rings is 1. The van der Waals surface area contributed by atoms with Crippen molar-refractivity contribution < 1.29 is 9.18 Å².